The van der Waals surface area contributed by atoms with E-state index < -0.39 is 0 Å². The quantitative estimate of drug-likeness (QED) is 0.160. The number of nitrogens with zero attached hydrogens (tertiary/aromatic N) is 1. The van der Waals surface area contributed by atoms with E-state index in [9.17, 15) is 0 Å². The van der Waals surface area contributed by atoms with Gasteiger partial charge in [-0.25, -0.2) is 0 Å². The first-order valence-electron chi connectivity index (χ1n) is 19.2. The molecule has 1 heterocycles. The summed E-state index contributed by atoms with van der Waals surface area (Å²) in [5, 5.41) is 9.62. The van der Waals surface area contributed by atoms with Crippen LogP contribution >= 0.6 is 0 Å². The molecule has 0 aliphatic carbocycles. The molecule has 0 unspecified atom stereocenters. The summed E-state index contributed by atoms with van der Waals surface area (Å²) in [4.78, 5) is 2.40. The van der Waals surface area contributed by atoms with Crippen molar-refractivity contribution in [3.63, 3.8) is 0 Å². The summed E-state index contributed by atoms with van der Waals surface area (Å²) < 4.78 is 6.60. The molecular formula is C54H35NO. The molecule has 2 nitrogen and oxygen atoms in total. The van der Waals surface area contributed by atoms with Gasteiger partial charge < -0.3 is 9.32 Å². The van der Waals surface area contributed by atoms with E-state index in [0.29, 0.717) is 0 Å². The maximum absolute atomic E-state index is 6.60. The Balaban J connectivity index is 1.09. The summed E-state index contributed by atoms with van der Waals surface area (Å²) in [5.41, 5.74) is 12.1. The Morgan fingerprint density at radius 3 is 1.82 bits per heavy atom. The van der Waals surface area contributed by atoms with Crippen molar-refractivity contribution in [2.75, 3.05) is 4.90 Å². The van der Waals surface area contributed by atoms with Crippen LogP contribution in [0.1, 0.15) is 0 Å². The van der Waals surface area contributed by atoms with Gasteiger partial charge >= 0.3 is 0 Å². The summed E-state index contributed by atoms with van der Waals surface area (Å²) >= 11 is 0. The van der Waals surface area contributed by atoms with E-state index in [1.54, 1.807) is 0 Å². The molecule has 0 aliphatic rings. The topological polar surface area (TPSA) is 16.4 Å². The standard InChI is InChI=1S/C54H35NO/c1-2-14-36(15-3-1)44-21-10-11-26-51(44)55(41-31-28-38(29-32-41)50-35-40-17-5-6-20-43(40)47-23-8-9-24-48(47)50)42-19-12-18-39(34-42)45-25-13-27-52-53(45)49-33-30-37-16-4-7-22-46(37)54(49)56-52/h1-35H. The third kappa shape index (κ3) is 5.26. The molecule has 11 aromatic rings. The Kier molecular flexibility index (Phi) is 7.53. The predicted molar refractivity (Wildman–Crippen MR) is 237 cm³/mol. The zero-order valence-electron chi connectivity index (χ0n) is 30.6. The molecule has 0 spiro atoms. The van der Waals surface area contributed by atoms with Gasteiger partial charge in [-0.15, -0.1) is 0 Å². The molecule has 10 aromatic carbocycles. The van der Waals surface area contributed by atoms with Gasteiger partial charge in [-0.05, 0) is 103 Å². The zero-order chi connectivity index (χ0) is 37.0. The largest absolute Gasteiger partial charge is 0.455 e. The zero-order valence-corrected chi connectivity index (χ0v) is 30.6. The fourth-order valence-electron chi connectivity index (χ4n) is 8.65. The SMILES string of the molecule is c1ccc(-c2ccccc2N(c2ccc(-c3cc4ccccc4c4ccccc34)cc2)c2cccc(-c3cccc4oc5c6ccccc6ccc5c34)c2)cc1. The van der Waals surface area contributed by atoms with Crippen LogP contribution in [0.5, 0.6) is 0 Å². The molecule has 1 aromatic heterocycles. The number of furan rings is 1. The Morgan fingerprint density at radius 2 is 0.964 bits per heavy atom. The van der Waals surface area contributed by atoms with Gasteiger partial charge in [-0.1, -0.05) is 164 Å². The molecule has 0 aliphatic heterocycles. The third-order valence-electron chi connectivity index (χ3n) is 11.2. The van der Waals surface area contributed by atoms with Gasteiger partial charge in [0.15, 0.2) is 0 Å². The van der Waals surface area contributed by atoms with Gasteiger partial charge in [-0.2, -0.15) is 0 Å². The van der Waals surface area contributed by atoms with Crippen molar-refractivity contribution in [2.24, 2.45) is 0 Å². The Hall–Kier alpha value is -7.42. The van der Waals surface area contributed by atoms with E-state index in [0.717, 1.165) is 61.1 Å². The van der Waals surface area contributed by atoms with Crippen LogP contribution in [0, 0.1) is 0 Å². The lowest BCUT2D eigenvalue weighted by Crippen LogP contribution is -2.11. The second kappa shape index (κ2) is 13.2. The van der Waals surface area contributed by atoms with Crippen molar-refractivity contribution in [2.45, 2.75) is 0 Å². The second-order valence-electron chi connectivity index (χ2n) is 14.5. The molecule has 0 bridgehead atoms. The summed E-state index contributed by atoms with van der Waals surface area (Å²) in [6.45, 7) is 0. The minimum atomic E-state index is 0.891. The second-order valence-corrected chi connectivity index (χ2v) is 14.5. The van der Waals surface area contributed by atoms with Crippen LogP contribution in [-0.2, 0) is 0 Å². The molecule has 0 atom stereocenters. The van der Waals surface area contributed by atoms with E-state index in [1.807, 2.05) is 0 Å². The maximum atomic E-state index is 6.60. The maximum Gasteiger partial charge on any atom is 0.143 e. The highest BCUT2D eigenvalue weighted by Crippen LogP contribution is 2.45. The molecular weight excluding hydrogens is 679 g/mol. The lowest BCUT2D eigenvalue weighted by molar-refractivity contribution is 0.673. The van der Waals surface area contributed by atoms with E-state index >= 15 is 0 Å². The minimum Gasteiger partial charge on any atom is -0.455 e. The molecule has 0 fully saturated rings. The van der Waals surface area contributed by atoms with Crippen LogP contribution in [-0.4, -0.2) is 0 Å². The Labute approximate surface area is 325 Å². The highest BCUT2D eigenvalue weighted by atomic mass is 16.3. The average molecular weight is 714 g/mol. The summed E-state index contributed by atoms with van der Waals surface area (Å²) in [6.07, 6.45) is 0. The van der Waals surface area contributed by atoms with Gasteiger partial charge in [0.05, 0.1) is 5.69 Å². The molecule has 0 saturated carbocycles. The van der Waals surface area contributed by atoms with Crippen LogP contribution in [0.15, 0.2) is 217 Å². The van der Waals surface area contributed by atoms with Crippen LogP contribution < -0.4 is 4.90 Å². The molecule has 11 rings (SSSR count). The molecule has 0 amide bonds. The number of hydrogen-bond acceptors (Lipinski definition) is 2. The minimum absolute atomic E-state index is 0.891. The van der Waals surface area contributed by atoms with E-state index in [2.05, 4.69) is 217 Å². The number of para-hydroxylation sites is 1. The van der Waals surface area contributed by atoms with E-state index in [4.69, 9.17) is 4.42 Å². The van der Waals surface area contributed by atoms with Crippen LogP contribution in [0.2, 0.25) is 0 Å². The van der Waals surface area contributed by atoms with Gasteiger partial charge in [0.1, 0.15) is 11.2 Å². The van der Waals surface area contributed by atoms with Crippen molar-refractivity contribution < 1.29 is 4.42 Å². The monoisotopic (exact) mass is 713 g/mol. The highest BCUT2D eigenvalue weighted by molar-refractivity contribution is 6.19. The Morgan fingerprint density at radius 1 is 0.321 bits per heavy atom. The highest BCUT2D eigenvalue weighted by Gasteiger charge is 2.20. The van der Waals surface area contributed by atoms with Crippen LogP contribution in [0.4, 0.5) is 17.1 Å². The van der Waals surface area contributed by atoms with E-state index in [1.165, 1.54) is 43.6 Å². The van der Waals surface area contributed by atoms with Crippen LogP contribution in [0.3, 0.4) is 0 Å². The average Bonchev–Trinajstić information content (AvgIpc) is 3.67. The predicted octanol–water partition coefficient (Wildman–Crippen LogP) is 15.5. The van der Waals surface area contributed by atoms with Crippen molar-refractivity contribution in [1.29, 1.82) is 0 Å². The Bertz CT molecular complexity index is 3250. The first-order valence-corrected chi connectivity index (χ1v) is 19.2. The number of anilines is 3. The van der Waals surface area contributed by atoms with Crippen LogP contribution in [0.25, 0.3) is 87.6 Å². The fraction of sp³-hybridized carbons (Fsp3) is 0. The summed E-state index contributed by atoms with van der Waals surface area (Å²) in [7, 11) is 0. The smallest absolute Gasteiger partial charge is 0.143 e. The lowest BCUT2D eigenvalue weighted by Gasteiger charge is -2.28. The van der Waals surface area contributed by atoms with Gasteiger partial charge in [-0.3, -0.25) is 0 Å². The number of fused-ring (bicyclic) bond motifs is 8. The molecule has 56 heavy (non-hydrogen) atoms. The van der Waals surface area contributed by atoms with Crippen molar-refractivity contribution in [3.05, 3.63) is 212 Å². The van der Waals surface area contributed by atoms with Crippen molar-refractivity contribution in [1.82, 2.24) is 0 Å². The first-order chi connectivity index (χ1) is 27.8. The third-order valence-corrected chi connectivity index (χ3v) is 11.2. The van der Waals surface area contributed by atoms with Crippen molar-refractivity contribution in [3.8, 4) is 33.4 Å². The normalized spacial score (nSPS) is 11.6. The lowest BCUT2D eigenvalue weighted by atomic mass is 9.93. The number of hydrogen-bond donors (Lipinski definition) is 0. The van der Waals surface area contributed by atoms with E-state index in [-0.39, 0.29) is 0 Å². The number of benzene rings is 10. The molecule has 262 valence electrons. The fourth-order valence-corrected chi connectivity index (χ4v) is 8.65. The van der Waals surface area contributed by atoms with Gasteiger partial charge in [0.25, 0.3) is 0 Å². The molecule has 0 saturated heterocycles. The molecule has 0 radical (unpaired) electrons. The number of rotatable bonds is 6. The molecule has 0 N–H and O–H groups in total. The molecule has 2 heteroatoms. The van der Waals surface area contributed by atoms with Gasteiger partial charge in [0, 0.05) is 33.1 Å². The summed E-state index contributed by atoms with van der Waals surface area (Å²) in [6, 6.07) is 76.4. The van der Waals surface area contributed by atoms with Crippen molar-refractivity contribution >= 4 is 71.3 Å². The first kappa shape index (κ1) is 32.0. The summed E-state index contributed by atoms with van der Waals surface area (Å²) in [5.74, 6) is 0. The van der Waals surface area contributed by atoms with Gasteiger partial charge in [0.2, 0.25) is 0 Å².